The second kappa shape index (κ2) is 7.26. The van der Waals surface area contributed by atoms with Gasteiger partial charge >= 0.3 is 0 Å². The second-order valence-electron chi connectivity index (χ2n) is 5.49. The van der Waals surface area contributed by atoms with Gasteiger partial charge in [-0.2, -0.15) is 0 Å². The molecule has 0 aliphatic carbocycles. The maximum Gasteiger partial charge on any atom is 0.238 e. The van der Waals surface area contributed by atoms with Gasteiger partial charge in [0, 0.05) is 16.8 Å². The maximum absolute atomic E-state index is 12.0. The van der Waals surface area contributed by atoms with E-state index in [1.54, 1.807) is 12.1 Å². The second-order valence-corrected chi connectivity index (χ2v) is 5.49. The van der Waals surface area contributed by atoms with Gasteiger partial charge in [-0.1, -0.05) is 26.8 Å². The molecule has 0 saturated heterocycles. The number of aryl methyl sites for hydroxylation is 1. The molecular formula is C14H22ClN3O2. The van der Waals surface area contributed by atoms with Crippen molar-refractivity contribution in [3.8, 4) is 0 Å². The summed E-state index contributed by atoms with van der Waals surface area (Å²) in [7, 11) is 0. The lowest BCUT2D eigenvalue weighted by molar-refractivity contribution is -0.123. The molecular weight excluding hydrogens is 278 g/mol. The van der Waals surface area contributed by atoms with E-state index < -0.39 is 5.41 Å². The SMILES string of the molecule is Cc1ccc(NC(=O)CN)cc1NC(=O)C(C)(C)C.Cl. The molecule has 0 atom stereocenters. The highest BCUT2D eigenvalue weighted by molar-refractivity contribution is 5.97. The van der Waals surface area contributed by atoms with Crippen LogP contribution in [-0.2, 0) is 9.59 Å². The van der Waals surface area contributed by atoms with E-state index in [1.165, 1.54) is 0 Å². The third-order valence-electron chi connectivity index (χ3n) is 2.64. The van der Waals surface area contributed by atoms with E-state index in [9.17, 15) is 9.59 Å². The Balaban J connectivity index is 0.00000361. The molecule has 1 aromatic rings. The number of rotatable bonds is 3. The van der Waals surface area contributed by atoms with Crippen LogP contribution < -0.4 is 16.4 Å². The zero-order valence-electron chi connectivity index (χ0n) is 12.2. The van der Waals surface area contributed by atoms with Crippen molar-refractivity contribution in [2.24, 2.45) is 11.1 Å². The summed E-state index contributed by atoms with van der Waals surface area (Å²) in [6.45, 7) is 7.36. The molecule has 0 fully saturated rings. The predicted molar refractivity (Wildman–Crippen MR) is 84.2 cm³/mol. The minimum atomic E-state index is -0.469. The number of nitrogens with two attached hydrogens (primary N) is 1. The number of carbonyl (C=O) groups is 2. The van der Waals surface area contributed by atoms with Crippen LogP contribution in [0.5, 0.6) is 0 Å². The lowest BCUT2D eigenvalue weighted by atomic mass is 9.95. The smallest absolute Gasteiger partial charge is 0.238 e. The molecule has 6 heteroatoms. The molecule has 0 aromatic heterocycles. The number of amides is 2. The molecule has 4 N–H and O–H groups in total. The van der Waals surface area contributed by atoms with Crippen molar-refractivity contribution in [1.82, 2.24) is 0 Å². The number of nitrogens with one attached hydrogen (secondary N) is 2. The zero-order chi connectivity index (χ0) is 14.6. The van der Waals surface area contributed by atoms with E-state index in [4.69, 9.17) is 5.73 Å². The Morgan fingerprint density at radius 1 is 1.20 bits per heavy atom. The van der Waals surface area contributed by atoms with E-state index in [0.29, 0.717) is 11.4 Å². The summed E-state index contributed by atoms with van der Waals surface area (Å²) >= 11 is 0. The van der Waals surface area contributed by atoms with Crippen LogP contribution >= 0.6 is 12.4 Å². The topological polar surface area (TPSA) is 84.2 Å². The Kier molecular flexibility index (Phi) is 6.68. The monoisotopic (exact) mass is 299 g/mol. The first-order valence-electron chi connectivity index (χ1n) is 6.16. The highest BCUT2D eigenvalue weighted by Gasteiger charge is 2.21. The number of benzene rings is 1. The first kappa shape index (κ1) is 18.4. The molecule has 112 valence electrons. The normalized spacial score (nSPS) is 10.4. The van der Waals surface area contributed by atoms with Crippen molar-refractivity contribution in [1.29, 1.82) is 0 Å². The van der Waals surface area contributed by atoms with Gasteiger partial charge in [0.1, 0.15) is 0 Å². The third-order valence-corrected chi connectivity index (χ3v) is 2.64. The molecule has 0 aliphatic rings. The summed E-state index contributed by atoms with van der Waals surface area (Å²) in [6.07, 6.45) is 0. The van der Waals surface area contributed by atoms with E-state index in [0.717, 1.165) is 5.56 Å². The third kappa shape index (κ3) is 5.19. The van der Waals surface area contributed by atoms with Crippen molar-refractivity contribution < 1.29 is 9.59 Å². The van der Waals surface area contributed by atoms with E-state index >= 15 is 0 Å². The molecule has 1 rings (SSSR count). The molecule has 0 spiro atoms. The van der Waals surface area contributed by atoms with Crippen molar-refractivity contribution in [3.63, 3.8) is 0 Å². The molecule has 20 heavy (non-hydrogen) atoms. The Morgan fingerprint density at radius 2 is 1.80 bits per heavy atom. The quantitative estimate of drug-likeness (QED) is 0.800. The fourth-order valence-electron chi connectivity index (χ4n) is 1.36. The molecule has 2 amide bonds. The first-order valence-corrected chi connectivity index (χ1v) is 6.16. The van der Waals surface area contributed by atoms with Gasteiger partial charge in [0.2, 0.25) is 11.8 Å². The number of hydrogen-bond acceptors (Lipinski definition) is 3. The van der Waals surface area contributed by atoms with Crippen LogP contribution in [0.3, 0.4) is 0 Å². The van der Waals surface area contributed by atoms with Gasteiger partial charge in [-0.25, -0.2) is 0 Å². The van der Waals surface area contributed by atoms with Crippen LogP contribution in [0.2, 0.25) is 0 Å². The number of hydrogen-bond donors (Lipinski definition) is 3. The average Bonchev–Trinajstić information content (AvgIpc) is 2.32. The van der Waals surface area contributed by atoms with Crippen molar-refractivity contribution in [2.45, 2.75) is 27.7 Å². The highest BCUT2D eigenvalue weighted by Crippen LogP contribution is 2.23. The maximum atomic E-state index is 12.0. The van der Waals surface area contributed by atoms with Crippen LogP contribution in [0, 0.1) is 12.3 Å². The Labute approximate surface area is 125 Å². The Bertz CT molecular complexity index is 496. The molecule has 0 radical (unpaired) electrons. The van der Waals surface area contributed by atoms with Gasteiger partial charge in [0.05, 0.1) is 6.54 Å². The highest BCUT2D eigenvalue weighted by atomic mass is 35.5. The van der Waals surface area contributed by atoms with Gasteiger partial charge in [-0.05, 0) is 24.6 Å². The molecule has 0 heterocycles. The fourth-order valence-corrected chi connectivity index (χ4v) is 1.36. The summed E-state index contributed by atoms with van der Waals surface area (Å²) in [4.78, 5) is 23.2. The van der Waals surface area contributed by atoms with E-state index in [-0.39, 0.29) is 30.8 Å². The number of carbonyl (C=O) groups excluding carboxylic acids is 2. The van der Waals surface area contributed by atoms with Crippen LogP contribution in [0.15, 0.2) is 18.2 Å². The van der Waals surface area contributed by atoms with Gasteiger partial charge < -0.3 is 16.4 Å². The van der Waals surface area contributed by atoms with Crippen LogP contribution in [0.4, 0.5) is 11.4 Å². The van der Waals surface area contributed by atoms with Gasteiger partial charge in [0.15, 0.2) is 0 Å². The van der Waals surface area contributed by atoms with Crippen molar-refractivity contribution >= 4 is 35.6 Å². The Hall–Kier alpha value is -1.59. The summed E-state index contributed by atoms with van der Waals surface area (Å²) in [5.74, 6) is -0.338. The minimum absolute atomic E-state index is 0. The summed E-state index contributed by atoms with van der Waals surface area (Å²) in [5, 5.41) is 5.52. The molecule has 0 aliphatic heterocycles. The van der Waals surface area contributed by atoms with Crippen molar-refractivity contribution in [3.05, 3.63) is 23.8 Å². The summed E-state index contributed by atoms with van der Waals surface area (Å²) in [5.41, 5.74) is 7.01. The first-order chi connectivity index (χ1) is 8.74. The van der Waals surface area contributed by atoms with Gasteiger partial charge in [-0.3, -0.25) is 9.59 Å². The molecule has 5 nitrogen and oxygen atoms in total. The van der Waals surface area contributed by atoms with E-state index in [2.05, 4.69) is 10.6 Å². The van der Waals surface area contributed by atoms with E-state index in [1.807, 2.05) is 33.8 Å². The predicted octanol–water partition coefficient (Wildman–Crippen LogP) is 2.30. The molecule has 0 saturated carbocycles. The van der Waals surface area contributed by atoms with Gasteiger partial charge in [0.25, 0.3) is 0 Å². The minimum Gasteiger partial charge on any atom is -0.325 e. The Morgan fingerprint density at radius 3 is 2.30 bits per heavy atom. The van der Waals surface area contributed by atoms with Crippen LogP contribution in [0.1, 0.15) is 26.3 Å². The van der Waals surface area contributed by atoms with Gasteiger partial charge in [-0.15, -0.1) is 12.4 Å². The number of anilines is 2. The summed E-state index contributed by atoms with van der Waals surface area (Å²) in [6, 6.07) is 5.34. The largest absolute Gasteiger partial charge is 0.325 e. The van der Waals surface area contributed by atoms with Crippen molar-refractivity contribution in [2.75, 3.05) is 17.2 Å². The number of halogens is 1. The van der Waals surface area contributed by atoms with Crippen LogP contribution in [0.25, 0.3) is 0 Å². The average molecular weight is 300 g/mol. The standard InChI is InChI=1S/C14H21N3O2.ClH/c1-9-5-6-10(16-12(18)8-15)7-11(9)17-13(19)14(2,3)4;/h5-7H,8,15H2,1-4H3,(H,16,18)(H,17,19);1H. The lowest BCUT2D eigenvalue weighted by Crippen LogP contribution is -2.28. The zero-order valence-corrected chi connectivity index (χ0v) is 13.1. The molecule has 0 unspecified atom stereocenters. The summed E-state index contributed by atoms with van der Waals surface area (Å²) < 4.78 is 0. The lowest BCUT2D eigenvalue weighted by Gasteiger charge is -2.19. The molecule has 1 aromatic carbocycles. The fraction of sp³-hybridized carbons (Fsp3) is 0.429. The molecule has 0 bridgehead atoms. The van der Waals surface area contributed by atoms with Crippen LogP contribution in [-0.4, -0.2) is 18.4 Å².